The zero-order chi connectivity index (χ0) is 25.9. The first-order valence-corrected chi connectivity index (χ1v) is 13.3. The van der Waals surface area contributed by atoms with E-state index in [0.29, 0.717) is 40.5 Å². The fraction of sp³-hybridized carbons (Fsp3) is 0.292. The van der Waals surface area contributed by atoms with Crippen molar-refractivity contribution in [2.45, 2.75) is 37.0 Å². The lowest BCUT2D eigenvalue weighted by molar-refractivity contribution is -0.286. The lowest BCUT2D eigenvalue weighted by atomic mass is 10.1. The molecule has 0 N–H and O–H groups in total. The van der Waals surface area contributed by atoms with Crippen molar-refractivity contribution < 1.29 is 26.7 Å². The van der Waals surface area contributed by atoms with Gasteiger partial charge in [-0.2, -0.15) is 4.31 Å². The van der Waals surface area contributed by atoms with Crippen molar-refractivity contribution in [3.63, 3.8) is 0 Å². The van der Waals surface area contributed by atoms with Crippen LogP contribution in [0.2, 0.25) is 5.02 Å². The first kappa shape index (κ1) is 24.0. The molecule has 4 aromatic rings. The van der Waals surface area contributed by atoms with Crippen LogP contribution in [0.5, 0.6) is 11.5 Å². The summed E-state index contributed by atoms with van der Waals surface area (Å²) in [4.78, 5) is 13.7. The summed E-state index contributed by atoms with van der Waals surface area (Å²) in [6.07, 6.45) is -1.24. The minimum absolute atomic E-state index is 0.116. The molecule has 2 aliphatic rings. The van der Waals surface area contributed by atoms with Gasteiger partial charge in [0, 0.05) is 37.1 Å². The molecule has 1 saturated heterocycles. The van der Waals surface area contributed by atoms with Crippen LogP contribution < -0.4 is 9.47 Å². The molecule has 0 bridgehead atoms. The molecule has 2 aliphatic heterocycles. The molecule has 0 saturated carbocycles. The summed E-state index contributed by atoms with van der Waals surface area (Å²) in [5.74, 6) is 0.0408. The Morgan fingerprint density at radius 3 is 2.57 bits per heavy atom. The maximum absolute atomic E-state index is 13.4. The quantitative estimate of drug-likeness (QED) is 0.362. The molecule has 0 atom stereocenters. The number of hydrogen-bond donors (Lipinski definition) is 0. The second-order valence-electron chi connectivity index (χ2n) is 8.85. The summed E-state index contributed by atoms with van der Waals surface area (Å²) >= 11 is 6.45. The third-order valence-corrected chi connectivity index (χ3v) is 8.65. The Bertz CT molecular complexity index is 1640. The lowest BCUT2D eigenvalue weighted by Gasteiger charge is -2.32. The Kier molecular flexibility index (Phi) is 5.58. The highest BCUT2D eigenvalue weighted by Gasteiger charge is 2.44. The van der Waals surface area contributed by atoms with E-state index in [2.05, 4.69) is 14.5 Å². The number of aromatic nitrogens is 4. The molecule has 3 aromatic heterocycles. The van der Waals surface area contributed by atoms with Crippen LogP contribution in [0.3, 0.4) is 0 Å². The minimum Gasteiger partial charge on any atom is -0.395 e. The fourth-order valence-corrected chi connectivity index (χ4v) is 6.40. The fourth-order valence-electron chi connectivity index (χ4n) is 4.71. The number of pyridine rings is 2. The molecule has 1 aromatic carbocycles. The topological polar surface area (TPSA) is 99.4 Å². The van der Waals surface area contributed by atoms with E-state index in [9.17, 15) is 17.2 Å². The van der Waals surface area contributed by atoms with E-state index in [1.807, 2.05) is 23.6 Å². The Morgan fingerprint density at radius 2 is 1.81 bits per heavy atom. The van der Waals surface area contributed by atoms with Gasteiger partial charge in [0.1, 0.15) is 11.2 Å². The van der Waals surface area contributed by atoms with Gasteiger partial charge in [0.05, 0.1) is 9.92 Å². The third kappa shape index (κ3) is 4.18. The van der Waals surface area contributed by atoms with Crippen molar-refractivity contribution >= 4 is 32.8 Å². The normalized spacial score (nSPS) is 17.9. The SMILES string of the molecule is Cc1ccc2nc(-c3ncccc3Cl)n(C3CCN(S(=O)(=O)c4ccc5c(c4)OC(F)(F)O5)CC3)c2n1. The van der Waals surface area contributed by atoms with Crippen molar-refractivity contribution in [1.82, 2.24) is 23.8 Å². The molecule has 5 heterocycles. The Morgan fingerprint density at radius 1 is 1.05 bits per heavy atom. The summed E-state index contributed by atoms with van der Waals surface area (Å²) in [6.45, 7) is 2.30. The van der Waals surface area contributed by atoms with Crippen LogP contribution in [0.1, 0.15) is 24.6 Å². The molecule has 37 heavy (non-hydrogen) atoms. The van der Waals surface area contributed by atoms with Gasteiger partial charge in [-0.1, -0.05) is 11.6 Å². The van der Waals surface area contributed by atoms with Gasteiger partial charge < -0.3 is 14.0 Å². The Labute approximate surface area is 215 Å². The summed E-state index contributed by atoms with van der Waals surface area (Å²) < 4.78 is 65.5. The van der Waals surface area contributed by atoms with Gasteiger partial charge in [-0.15, -0.1) is 8.78 Å². The van der Waals surface area contributed by atoms with Crippen molar-refractivity contribution in [1.29, 1.82) is 0 Å². The van der Waals surface area contributed by atoms with E-state index in [-0.39, 0.29) is 35.5 Å². The first-order valence-electron chi connectivity index (χ1n) is 11.5. The largest absolute Gasteiger partial charge is 0.586 e. The molecule has 0 spiro atoms. The van der Waals surface area contributed by atoms with Gasteiger partial charge in [-0.3, -0.25) is 4.98 Å². The van der Waals surface area contributed by atoms with Gasteiger partial charge in [-0.25, -0.2) is 18.4 Å². The van der Waals surface area contributed by atoms with E-state index in [0.717, 1.165) is 11.8 Å². The van der Waals surface area contributed by atoms with Crippen LogP contribution >= 0.6 is 11.6 Å². The van der Waals surface area contributed by atoms with Gasteiger partial charge >= 0.3 is 6.29 Å². The number of hydrogen-bond acceptors (Lipinski definition) is 7. The molecule has 6 rings (SSSR count). The van der Waals surface area contributed by atoms with Crippen LogP contribution in [0.25, 0.3) is 22.7 Å². The number of halogens is 3. The van der Waals surface area contributed by atoms with Crippen molar-refractivity contribution in [2.24, 2.45) is 0 Å². The first-order chi connectivity index (χ1) is 17.6. The number of nitrogens with zero attached hydrogens (tertiary/aromatic N) is 5. The van der Waals surface area contributed by atoms with Crippen LogP contribution in [0.15, 0.2) is 53.6 Å². The molecule has 9 nitrogen and oxygen atoms in total. The predicted molar refractivity (Wildman–Crippen MR) is 130 cm³/mol. The second kappa shape index (κ2) is 8.61. The van der Waals surface area contributed by atoms with Crippen molar-refractivity contribution in [3.05, 3.63) is 59.4 Å². The smallest absolute Gasteiger partial charge is 0.395 e. The van der Waals surface area contributed by atoms with Crippen LogP contribution in [-0.2, 0) is 10.0 Å². The average molecular weight is 548 g/mol. The van der Waals surface area contributed by atoms with Crippen molar-refractivity contribution in [3.8, 4) is 23.0 Å². The average Bonchev–Trinajstić information content (AvgIpc) is 3.39. The number of ether oxygens (including phenoxy) is 2. The highest BCUT2D eigenvalue weighted by molar-refractivity contribution is 7.89. The van der Waals surface area contributed by atoms with Crippen LogP contribution in [0.4, 0.5) is 8.78 Å². The number of fused-ring (bicyclic) bond motifs is 2. The van der Waals surface area contributed by atoms with E-state index < -0.39 is 16.3 Å². The molecule has 1 fully saturated rings. The van der Waals surface area contributed by atoms with E-state index in [1.54, 1.807) is 18.3 Å². The zero-order valence-corrected chi connectivity index (χ0v) is 21.0. The summed E-state index contributed by atoms with van der Waals surface area (Å²) in [5, 5.41) is 0.448. The molecule has 0 unspecified atom stereocenters. The molecular formula is C24H20ClF2N5O4S. The number of piperidine rings is 1. The number of alkyl halides is 2. The Hall–Kier alpha value is -3.35. The maximum atomic E-state index is 13.4. The Balaban J connectivity index is 1.30. The van der Waals surface area contributed by atoms with Crippen LogP contribution in [-0.4, -0.2) is 51.6 Å². The molecule has 0 amide bonds. The zero-order valence-electron chi connectivity index (χ0n) is 19.4. The summed E-state index contributed by atoms with van der Waals surface area (Å²) in [5.41, 5.74) is 2.71. The van der Waals surface area contributed by atoms with Crippen molar-refractivity contribution in [2.75, 3.05) is 13.1 Å². The lowest BCUT2D eigenvalue weighted by Crippen LogP contribution is -2.39. The second-order valence-corrected chi connectivity index (χ2v) is 11.2. The minimum atomic E-state index is -3.95. The summed E-state index contributed by atoms with van der Waals surface area (Å²) in [7, 11) is -3.95. The molecular weight excluding hydrogens is 528 g/mol. The summed E-state index contributed by atoms with van der Waals surface area (Å²) in [6, 6.07) is 10.6. The van der Waals surface area contributed by atoms with Gasteiger partial charge in [0.2, 0.25) is 10.0 Å². The van der Waals surface area contributed by atoms with E-state index in [4.69, 9.17) is 21.6 Å². The number of aryl methyl sites for hydroxylation is 1. The standard InChI is InChI=1S/C24H20ClF2N5O4S/c1-14-4-6-18-22(29-14)32(23(30-18)21-17(25)3-2-10-28-21)15-8-11-31(12-9-15)37(33,34)16-5-7-19-20(13-16)36-24(26,27)35-19/h2-7,10,13,15H,8-9,11-12H2,1H3. The highest BCUT2D eigenvalue weighted by atomic mass is 35.5. The number of imidazole rings is 1. The molecule has 0 aliphatic carbocycles. The van der Waals surface area contributed by atoms with E-state index in [1.165, 1.54) is 16.4 Å². The van der Waals surface area contributed by atoms with Gasteiger partial charge in [0.15, 0.2) is 23.0 Å². The van der Waals surface area contributed by atoms with Gasteiger partial charge in [-0.05, 0) is 56.2 Å². The molecule has 13 heteroatoms. The van der Waals surface area contributed by atoms with Crippen LogP contribution in [0, 0.1) is 6.92 Å². The monoisotopic (exact) mass is 547 g/mol. The molecule has 0 radical (unpaired) electrons. The van der Waals surface area contributed by atoms with Gasteiger partial charge in [0.25, 0.3) is 0 Å². The highest BCUT2D eigenvalue weighted by Crippen LogP contribution is 2.43. The number of sulfonamides is 1. The van der Waals surface area contributed by atoms with E-state index >= 15 is 0 Å². The maximum Gasteiger partial charge on any atom is 0.586 e. The third-order valence-electron chi connectivity index (χ3n) is 6.45. The number of benzene rings is 1. The molecule has 192 valence electrons. The number of rotatable bonds is 4. The predicted octanol–water partition coefficient (Wildman–Crippen LogP) is 4.80.